The second kappa shape index (κ2) is 7.35. The summed E-state index contributed by atoms with van der Waals surface area (Å²) >= 11 is 12.2. The van der Waals surface area contributed by atoms with Crippen LogP contribution in [0.1, 0.15) is 18.4 Å². The summed E-state index contributed by atoms with van der Waals surface area (Å²) in [6, 6.07) is 14.9. The van der Waals surface area contributed by atoms with Gasteiger partial charge >= 0.3 is 0 Å². The van der Waals surface area contributed by atoms with E-state index in [4.69, 9.17) is 23.2 Å². The normalized spacial score (nSPS) is 18.1. The predicted octanol–water partition coefficient (Wildman–Crippen LogP) is 4.60. The molecular weight excluding hydrogens is 331 g/mol. The first-order chi connectivity index (χ1) is 11.1. The van der Waals surface area contributed by atoms with Crippen molar-refractivity contribution in [2.75, 3.05) is 11.9 Å². The van der Waals surface area contributed by atoms with E-state index in [0.29, 0.717) is 16.6 Å². The van der Waals surface area contributed by atoms with E-state index in [1.807, 2.05) is 42.5 Å². The fourth-order valence-electron chi connectivity index (χ4n) is 2.93. The van der Waals surface area contributed by atoms with Crippen molar-refractivity contribution in [3.8, 4) is 0 Å². The van der Waals surface area contributed by atoms with E-state index in [1.165, 1.54) is 0 Å². The first kappa shape index (κ1) is 16.3. The second-order valence-corrected chi connectivity index (χ2v) is 6.56. The van der Waals surface area contributed by atoms with Crippen molar-refractivity contribution in [2.45, 2.75) is 25.4 Å². The summed E-state index contributed by atoms with van der Waals surface area (Å²) < 4.78 is 0. The second-order valence-electron chi connectivity index (χ2n) is 5.72. The summed E-state index contributed by atoms with van der Waals surface area (Å²) in [4.78, 5) is 14.7. The summed E-state index contributed by atoms with van der Waals surface area (Å²) in [5.74, 6) is 0.0405. The van der Waals surface area contributed by atoms with E-state index in [0.717, 1.165) is 30.6 Å². The zero-order chi connectivity index (χ0) is 16.2. The molecule has 3 nitrogen and oxygen atoms in total. The molecule has 1 amide bonds. The Balaban J connectivity index is 1.68. The van der Waals surface area contributed by atoms with Crippen LogP contribution in [-0.2, 0) is 11.3 Å². The molecule has 1 fully saturated rings. The molecule has 3 rings (SSSR count). The van der Waals surface area contributed by atoms with Gasteiger partial charge in [0.25, 0.3) is 0 Å². The van der Waals surface area contributed by atoms with Gasteiger partial charge in [0.1, 0.15) is 0 Å². The van der Waals surface area contributed by atoms with E-state index in [9.17, 15) is 4.79 Å². The number of nitrogens with zero attached hydrogens (tertiary/aromatic N) is 1. The number of anilines is 1. The quantitative estimate of drug-likeness (QED) is 0.875. The van der Waals surface area contributed by atoms with Crippen molar-refractivity contribution in [2.24, 2.45) is 0 Å². The van der Waals surface area contributed by atoms with Crippen LogP contribution in [0.3, 0.4) is 0 Å². The number of amides is 1. The third kappa shape index (κ3) is 4.05. The third-order valence-electron chi connectivity index (χ3n) is 4.10. The number of benzene rings is 2. The highest BCUT2D eigenvalue weighted by molar-refractivity contribution is 6.35. The molecule has 120 valence electrons. The Morgan fingerprint density at radius 2 is 1.96 bits per heavy atom. The molecule has 0 aliphatic carbocycles. The molecule has 1 saturated heterocycles. The molecule has 0 saturated carbocycles. The zero-order valence-corrected chi connectivity index (χ0v) is 14.1. The van der Waals surface area contributed by atoms with Gasteiger partial charge in [0.15, 0.2) is 0 Å². The molecule has 1 N–H and O–H groups in total. The van der Waals surface area contributed by atoms with Crippen molar-refractivity contribution < 1.29 is 4.79 Å². The van der Waals surface area contributed by atoms with E-state index < -0.39 is 0 Å². The standard InChI is InChI=1S/C18H18Cl2N2O/c19-14-9-8-13(16(20)11-14)12-22-10-4-7-17(22)18(23)21-15-5-2-1-3-6-15/h1-3,5-6,8-9,11,17H,4,7,10,12H2,(H,21,23)/t17-/m1/s1. The van der Waals surface area contributed by atoms with Gasteiger partial charge in [-0.3, -0.25) is 9.69 Å². The van der Waals surface area contributed by atoms with Crippen LogP contribution >= 0.6 is 23.2 Å². The Morgan fingerprint density at radius 3 is 2.70 bits per heavy atom. The minimum absolute atomic E-state index is 0.0405. The number of hydrogen-bond acceptors (Lipinski definition) is 2. The van der Waals surface area contributed by atoms with E-state index >= 15 is 0 Å². The first-order valence-corrected chi connectivity index (χ1v) is 8.43. The monoisotopic (exact) mass is 348 g/mol. The van der Waals surface area contributed by atoms with Gasteiger partial charge in [0, 0.05) is 22.3 Å². The minimum Gasteiger partial charge on any atom is -0.325 e. The number of carbonyl (C=O) groups excluding carboxylic acids is 1. The highest BCUT2D eigenvalue weighted by Crippen LogP contribution is 2.26. The molecule has 0 radical (unpaired) electrons. The first-order valence-electron chi connectivity index (χ1n) is 7.67. The van der Waals surface area contributed by atoms with Crippen LogP contribution in [0.5, 0.6) is 0 Å². The minimum atomic E-state index is -0.123. The maximum Gasteiger partial charge on any atom is 0.241 e. The van der Waals surface area contributed by atoms with Crippen molar-refractivity contribution in [1.29, 1.82) is 0 Å². The smallest absolute Gasteiger partial charge is 0.241 e. The van der Waals surface area contributed by atoms with E-state index in [-0.39, 0.29) is 11.9 Å². The molecular formula is C18H18Cl2N2O. The molecule has 0 unspecified atom stereocenters. The van der Waals surface area contributed by atoms with Crippen LogP contribution in [0.4, 0.5) is 5.69 Å². The lowest BCUT2D eigenvalue weighted by molar-refractivity contribution is -0.120. The van der Waals surface area contributed by atoms with Crippen molar-refractivity contribution in [3.05, 3.63) is 64.1 Å². The highest BCUT2D eigenvalue weighted by Gasteiger charge is 2.30. The van der Waals surface area contributed by atoms with Crippen molar-refractivity contribution in [1.82, 2.24) is 4.90 Å². The van der Waals surface area contributed by atoms with Gasteiger partial charge in [-0.2, -0.15) is 0 Å². The van der Waals surface area contributed by atoms with Crippen LogP contribution in [0.15, 0.2) is 48.5 Å². The van der Waals surface area contributed by atoms with Gasteiger partial charge in [-0.05, 0) is 49.2 Å². The number of carbonyl (C=O) groups is 1. The van der Waals surface area contributed by atoms with Crippen LogP contribution in [0.25, 0.3) is 0 Å². The lowest BCUT2D eigenvalue weighted by atomic mass is 10.1. The topological polar surface area (TPSA) is 32.3 Å². The summed E-state index contributed by atoms with van der Waals surface area (Å²) in [6.45, 7) is 1.55. The number of halogens is 2. The number of hydrogen-bond donors (Lipinski definition) is 1. The molecule has 2 aromatic rings. The fourth-order valence-corrected chi connectivity index (χ4v) is 3.40. The van der Waals surface area contributed by atoms with Crippen LogP contribution in [-0.4, -0.2) is 23.4 Å². The van der Waals surface area contributed by atoms with Crippen LogP contribution < -0.4 is 5.32 Å². The summed E-state index contributed by atoms with van der Waals surface area (Å²) in [5, 5.41) is 4.26. The van der Waals surface area contributed by atoms with E-state index in [1.54, 1.807) is 6.07 Å². The Hall–Kier alpha value is -1.55. The van der Waals surface area contributed by atoms with Crippen molar-refractivity contribution >= 4 is 34.8 Å². The number of para-hydroxylation sites is 1. The van der Waals surface area contributed by atoms with Crippen molar-refractivity contribution in [3.63, 3.8) is 0 Å². The maximum atomic E-state index is 12.5. The molecule has 0 spiro atoms. The van der Waals surface area contributed by atoms with Gasteiger partial charge in [-0.1, -0.05) is 47.5 Å². The largest absolute Gasteiger partial charge is 0.325 e. The lowest BCUT2D eigenvalue weighted by Crippen LogP contribution is -2.39. The maximum absolute atomic E-state index is 12.5. The summed E-state index contributed by atoms with van der Waals surface area (Å²) in [7, 11) is 0. The number of likely N-dealkylation sites (tertiary alicyclic amines) is 1. The van der Waals surface area contributed by atoms with Gasteiger partial charge in [-0.25, -0.2) is 0 Å². The average molecular weight is 349 g/mol. The van der Waals surface area contributed by atoms with Crippen LogP contribution in [0.2, 0.25) is 10.0 Å². The molecule has 2 aromatic carbocycles. The van der Waals surface area contributed by atoms with Gasteiger partial charge in [0.2, 0.25) is 5.91 Å². The van der Waals surface area contributed by atoms with Gasteiger partial charge in [-0.15, -0.1) is 0 Å². The summed E-state index contributed by atoms with van der Waals surface area (Å²) in [5.41, 5.74) is 1.82. The number of rotatable bonds is 4. The molecule has 1 aliphatic heterocycles. The molecule has 1 aliphatic rings. The van der Waals surface area contributed by atoms with E-state index in [2.05, 4.69) is 10.2 Å². The average Bonchev–Trinajstić information content (AvgIpc) is 2.99. The molecule has 1 heterocycles. The Bertz CT molecular complexity index is 691. The fraction of sp³-hybridized carbons (Fsp3) is 0.278. The highest BCUT2D eigenvalue weighted by atomic mass is 35.5. The molecule has 5 heteroatoms. The predicted molar refractivity (Wildman–Crippen MR) is 95.0 cm³/mol. The number of nitrogens with one attached hydrogen (secondary N) is 1. The van der Waals surface area contributed by atoms with Crippen LogP contribution in [0, 0.1) is 0 Å². The molecule has 1 atom stereocenters. The zero-order valence-electron chi connectivity index (χ0n) is 12.6. The lowest BCUT2D eigenvalue weighted by Gasteiger charge is -2.24. The summed E-state index contributed by atoms with van der Waals surface area (Å²) in [6.07, 6.45) is 1.88. The molecule has 0 bridgehead atoms. The SMILES string of the molecule is O=C(Nc1ccccc1)[C@H]1CCCN1Cc1ccc(Cl)cc1Cl. The Kier molecular flexibility index (Phi) is 5.21. The molecule has 0 aromatic heterocycles. The van der Waals surface area contributed by atoms with Gasteiger partial charge in [0.05, 0.1) is 6.04 Å². The third-order valence-corrected chi connectivity index (χ3v) is 4.68. The Morgan fingerprint density at radius 1 is 1.17 bits per heavy atom. The Labute approximate surface area is 146 Å². The molecule has 23 heavy (non-hydrogen) atoms. The van der Waals surface area contributed by atoms with Gasteiger partial charge < -0.3 is 5.32 Å².